The summed E-state index contributed by atoms with van der Waals surface area (Å²) < 4.78 is 60.5. The molecule has 31 nitrogen and oxygen atoms in total. The Bertz CT molecular complexity index is 1510. The summed E-state index contributed by atoms with van der Waals surface area (Å²) in [5.41, 5.74) is 0. The van der Waals surface area contributed by atoms with Gasteiger partial charge < -0.3 is 154 Å². The summed E-state index contributed by atoms with van der Waals surface area (Å²) in [4.78, 5) is 0. The lowest BCUT2D eigenvalue weighted by Gasteiger charge is -2.49. The molecule has 30 atom stereocenters. The van der Waals surface area contributed by atoms with Crippen LogP contribution in [0.2, 0.25) is 0 Å². The molecule has 6 heterocycles. The molecular weight excluding hydrogens is 928 g/mol. The average molecular weight is 991 g/mol. The topological polar surface area (TPSA) is 506 Å². The van der Waals surface area contributed by atoms with Gasteiger partial charge in [-0.3, -0.25) is 0 Å². The second kappa shape index (κ2) is 23.5. The molecule has 6 saturated heterocycles. The third-order valence-corrected chi connectivity index (χ3v) is 12.4. The van der Waals surface area contributed by atoms with Gasteiger partial charge in [0.15, 0.2) is 37.7 Å². The lowest BCUT2D eigenvalue weighted by atomic mass is 9.95. The first-order valence-corrected chi connectivity index (χ1v) is 21.1. The molecule has 6 rings (SSSR count). The first kappa shape index (κ1) is 55.1. The largest absolute Gasteiger partial charge is 0.394 e. The molecule has 20 N–H and O–H groups in total. The lowest BCUT2D eigenvalue weighted by molar-refractivity contribution is -0.393. The van der Waals surface area contributed by atoms with Gasteiger partial charge >= 0.3 is 0 Å². The van der Waals surface area contributed by atoms with Gasteiger partial charge in [0.25, 0.3) is 0 Å². The summed E-state index contributed by atoms with van der Waals surface area (Å²) in [5.74, 6) is 0. The minimum absolute atomic E-state index is 0.803. The molecule has 0 spiro atoms. The summed E-state index contributed by atoms with van der Waals surface area (Å²) in [6.45, 7) is -5.31. The van der Waals surface area contributed by atoms with Crippen LogP contribution in [-0.2, 0) is 52.1 Å². The molecule has 6 aliphatic rings. The van der Waals surface area contributed by atoms with Crippen molar-refractivity contribution >= 4 is 0 Å². The van der Waals surface area contributed by atoms with Gasteiger partial charge in [0.2, 0.25) is 0 Å². The van der Waals surface area contributed by atoms with Crippen molar-refractivity contribution in [2.24, 2.45) is 0 Å². The van der Waals surface area contributed by atoms with Crippen LogP contribution in [0.4, 0.5) is 0 Å². The number of hydrogen-bond donors (Lipinski definition) is 20. The third kappa shape index (κ3) is 11.5. The minimum atomic E-state index is -2.27. The van der Waals surface area contributed by atoms with Gasteiger partial charge in [-0.05, 0) is 0 Å². The highest BCUT2D eigenvalue weighted by molar-refractivity contribution is 4.99. The van der Waals surface area contributed by atoms with Crippen LogP contribution in [0.25, 0.3) is 0 Å². The van der Waals surface area contributed by atoms with E-state index in [-0.39, 0.29) is 0 Å². The lowest BCUT2D eigenvalue weighted by Crippen LogP contribution is -2.68. The van der Waals surface area contributed by atoms with E-state index in [0.717, 1.165) is 0 Å². The number of hydrogen-bond acceptors (Lipinski definition) is 31. The van der Waals surface area contributed by atoms with Crippen molar-refractivity contribution in [2.45, 2.75) is 184 Å². The first-order chi connectivity index (χ1) is 31.7. The molecular formula is C36H62O31. The molecule has 31 heteroatoms. The molecule has 6 aliphatic heterocycles. The smallest absolute Gasteiger partial charge is 0.187 e. The fourth-order valence-electron chi connectivity index (χ4n) is 8.29. The summed E-state index contributed by atoms with van der Waals surface area (Å²) in [6, 6.07) is 0. The minimum Gasteiger partial charge on any atom is -0.394 e. The standard InChI is InChI=1S/C36H62O31/c37-1-7-13(41)19(47)22(50)32(60-7)57-5-11-15(43)21(49)24(52)34(63-11)66-29-17(45)10(4-40)62-35(26(29)54)67-30-18(46)12(6-58-33-23(51)20(48)14(42)8(2-38)61-33)64-36(27(30)55)65-28-16(44)9(3-39)59-31(56)25(28)53/h7-56H,1-6H2/t7-,8-,9-,10-,11-,12-,13-,14-,15-,16-,17-,18-,19+,20+,21+,22-,23-,24-,25-,26-,27-,28+,29+,30+,31?,32-,33-,34+,35+,36+/m1/s1. The summed E-state index contributed by atoms with van der Waals surface area (Å²) in [5, 5.41) is 210. The molecule has 0 aromatic heterocycles. The van der Waals surface area contributed by atoms with Crippen LogP contribution < -0.4 is 0 Å². The predicted molar refractivity (Wildman–Crippen MR) is 199 cm³/mol. The molecule has 0 aromatic rings. The molecule has 0 saturated carbocycles. The number of rotatable bonds is 16. The van der Waals surface area contributed by atoms with Crippen LogP contribution in [0.5, 0.6) is 0 Å². The van der Waals surface area contributed by atoms with Crippen LogP contribution >= 0.6 is 0 Å². The van der Waals surface area contributed by atoms with E-state index in [0.29, 0.717) is 0 Å². The van der Waals surface area contributed by atoms with Gasteiger partial charge in [-0.25, -0.2) is 0 Å². The van der Waals surface area contributed by atoms with E-state index in [1.807, 2.05) is 0 Å². The first-order valence-electron chi connectivity index (χ1n) is 21.1. The Morgan fingerprint density at radius 2 is 0.522 bits per heavy atom. The zero-order chi connectivity index (χ0) is 49.3. The average Bonchev–Trinajstić information content (AvgIpc) is 3.31. The highest BCUT2D eigenvalue weighted by Crippen LogP contribution is 2.35. The molecule has 0 amide bonds. The zero-order valence-electron chi connectivity index (χ0n) is 35.0. The van der Waals surface area contributed by atoms with Gasteiger partial charge in [-0.1, -0.05) is 0 Å². The van der Waals surface area contributed by atoms with Gasteiger partial charge in [0.1, 0.15) is 146 Å². The molecule has 0 radical (unpaired) electrons. The second-order valence-electron chi connectivity index (χ2n) is 16.8. The third-order valence-electron chi connectivity index (χ3n) is 12.4. The Morgan fingerprint density at radius 1 is 0.254 bits per heavy atom. The maximum atomic E-state index is 11.6. The van der Waals surface area contributed by atoms with E-state index in [1.165, 1.54) is 0 Å². The summed E-state index contributed by atoms with van der Waals surface area (Å²) >= 11 is 0. The fourth-order valence-corrected chi connectivity index (χ4v) is 8.29. The Hall–Kier alpha value is -1.24. The van der Waals surface area contributed by atoms with E-state index in [4.69, 9.17) is 52.1 Å². The predicted octanol–water partition coefficient (Wildman–Crippen LogP) is -14.1. The maximum Gasteiger partial charge on any atom is 0.187 e. The van der Waals surface area contributed by atoms with Crippen molar-refractivity contribution < 1.29 is 154 Å². The summed E-state index contributed by atoms with van der Waals surface area (Å²) in [6.07, 6.45) is -57.8. The van der Waals surface area contributed by atoms with Crippen molar-refractivity contribution in [1.82, 2.24) is 0 Å². The van der Waals surface area contributed by atoms with Crippen molar-refractivity contribution in [1.29, 1.82) is 0 Å². The van der Waals surface area contributed by atoms with Crippen molar-refractivity contribution in [3.05, 3.63) is 0 Å². The molecule has 1 unspecified atom stereocenters. The van der Waals surface area contributed by atoms with Crippen LogP contribution in [0.3, 0.4) is 0 Å². The number of aliphatic hydroxyl groups excluding tert-OH is 20. The quantitative estimate of drug-likeness (QED) is 0.0683. The fraction of sp³-hybridized carbons (Fsp3) is 1.00. The SMILES string of the molecule is OC[C@H]1O[C@@H](OC[C@H]2O[C@@H](O[C@@H]3[C@@H](O)[C@H](O[C@@H]4[C@@H](O)[C@H](O[C@H]5[C@H](O)[C@@H](CO)OC(O)[C@@H]5O)O[C@H](CO[C@@H]5O[C@H](CO)[C@@H](O)[C@H](O)[C@H]5O)[C@H]4O)O[C@H](CO)[C@H]3O)[C@H](O)[C@@H](O)[C@@H]2O)[C@H](O)[C@@H](O)[C@@H]1O. The zero-order valence-corrected chi connectivity index (χ0v) is 35.0. The van der Waals surface area contributed by atoms with Gasteiger partial charge in [0, 0.05) is 0 Å². The second-order valence-corrected chi connectivity index (χ2v) is 16.8. The molecule has 6 fully saturated rings. The molecule has 0 aliphatic carbocycles. The maximum absolute atomic E-state index is 11.6. The normalized spacial score (nSPS) is 53.4. The Labute approximate surface area is 378 Å². The number of aliphatic hydroxyl groups is 20. The van der Waals surface area contributed by atoms with Crippen LogP contribution in [0, 0.1) is 0 Å². The van der Waals surface area contributed by atoms with Crippen molar-refractivity contribution in [3.8, 4) is 0 Å². The van der Waals surface area contributed by atoms with Gasteiger partial charge in [0.05, 0.1) is 39.6 Å². The van der Waals surface area contributed by atoms with Crippen LogP contribution in [0.15, 0.2) is 0 Å². The Kier molecular flexibility index (Phi) is 19.4. The monoisotopic (exact) mass is 990 g/mol. The van der Waals surface area contributed by atoms with Gasteiger partial charge in [-0.2, -0.15) is 0 Å². The number of ether oxygens (including phenoxy) is 11. The van der Waals surface area contributed by atoms with Crippen molar-refractivity contribution in [3.63, 3.8) is 0 Å². The van der Waals surface area contributed by atoms with Crippen LogP contribution in [-0.4, -0.2) is 326 Å². The molecule has 392 valence electrons. The van der Waals surface area contributed by atoms with Crippen molar-refractivity contribution in [2.75, 3.05) is 39.6 Å². The Morgan fingerprint density at radius 3 is 0.925 bits per heavy atom. The van der Waals surface area contributed by atoms with E-state index < -0.39 is 224 Å². The Balaban J connectivity index is 1.20. The molecule has 0 bridgehead atoms. The van der Waals surface area contributed by atoms with Crippen LogP contribution in [0.1, 0.15) is 0 Å². The van der Waals surface area contributed by atoms with Gasteiger partial charge in [-0.15, -0.1) is 0 Å². The highest BCUT2D eigenvalue weighted by Gasteiger charge is 2.56. The van der Waals surface area contributed by atoms with E-state index >= 15 is 0 Å². The highest BCUT2D eigenvalue weighted by atomic mass is 16.8. The molecule has 67 heavy (non-hydrogen) atoms. The molecule has 0 aromatic carbocycles. The van der Waals surface area contributed by atoms with E-state index in [9.17, 15) is 102 Å². The van der Waals surface area contributed by atoms with E-state index in [2.05, 4.69) is 0 Å². The summed E-state index contributed by atoms with van der Waals surface area (Å²) in [7, 11) is 0. The van der Waals surface area contributed by atoms with E-state index in [1.54, 1.807) is 0 Å².